The van der Waals surface area contributed by atoms with Crippen molar-refractivity contribution in [3.05, 3.63) is 22.2 Å². The van der Waals surface area contributed by atoms with Crippen molar-refractivity contribution in [1.82, 2.24) is 5.32 Å². The highest BCUT2D eigenvalue weighted by molar-refractivity contribution is 9.10. The number of benzene rings is 1. The van der Waals surface area contributed by atoms with Gasteiger partial charge in [0.25, 0.3) is 0 Å². The Hall–Kier alpha value is -0.780. The SMILES string of the molecule is COc1cc(Br)c(CNCCC(C)O)c(OC)c1. The summed E-state index contributed by atoms with van der Waals surface area (Å²) in [6.07, 6.45) is 0.453. The minimum Gasteiger partial charge on any atom is -0.497 e. The van der Waals surface area contributed by atoms with Crippen LogP contribution in [0.15, 0.2) is 16.6 Å². The first-order valence-corrected chi connectivity index (χ1v) is 6.67. The van der Waals surface area contributed by atoms with Crippen LogP contribution in [0.1, 0.15) is 18.9 Å². The number of methoxy groups -OCH3 is 2. The fourth-order valence-corrected chi connectivity index (χ4v) is 2.14. The van der Waals surface area contributed by atoms with Crippen molar-refractivity contribution in [2.75, 3.05) is 20.8 Å². The van der Waals surface area contributed by atoms with Gasteiger partial charge in [-0.3, -0.25) is 0 Å². The number of hydrogen-bond acceptors (Lipinski definition) is 4. The van der Waals surface area contributed by atoms with Crippen molar-refractivity contribution >= 4 is 15.9 Å². The van der Waals surface area contributed by atoms with Crippen LogP contribution in [-0.4, -0.2) is 32.0 Å². The molecule has 0 radical (unpaired) electrons. The van der Waals surface area contributed by atoms with Crippen LogP contribution >= 0.6 is 15.9 Å². The highest BCUT2D eigenvalue weighted by atomic mass is 79.9. The largest absolute Gasteiger partial charge is 0.497 e. The van der Waals surface area contributed by atoms with Crippen molar-refractivity contribution in [1.29, 1.82) is 0 Å². The topological polar surface area (TPSA) is 50.7 Å². The Bertz CT molecular complexity index is 383. The van der Waals surface area contributed by atoms with Gasteiger partial charge in [-0.1, -0.05) is 15.9 Å². The average Bonchev–Trinajstić information content (AvgIpc) is 2.34. The number of rotatable bonds is 7. The molecular weight excluding hydrogens is 298 g/mol. The molecule has 0 saturated heterocycles. The van der Waals surface area contributed by atoms with Crippen LogP contribution in [0.25, 0.3) is 0 Å². The molecule has 18 heavy (non-hydrogen) atoms. The predicted molar refractivity (Wildman–Crippen MR) is 75.3 cm³/mol. The van der Waals surface area contributed by atoms with Gasteiger partial charge < -0.3 is 19.9 Å². The maximum atomic E-state index is 9.18. The zero-order chi connectivity index (χ0) is 13.5. The highest BCUT2D eigenvalue weighted by Crippen LogP contribution is 2.32. The highest BCUT2D eigenvalue weighted by Gasteiger charge is 2.10. The van der Waals surface area contributed by atoms with E-state index in [4.69, 9.17) is 9.47 Å². The predicted octanol–water partition coefficient (Wildman–Crippen LogP) is 2.33. The van der Waals surface area contributed by atoms with E-state index < -0.39 is 0 Å². The third-order valence-electron chi connectivity index (χ3n) is 2.62. The Balaban J connectivity index is 2.69. The molecule has 0 aromatic heterocycles. The second-order valence-electron chi connectivity index (χ2n) is 4.10. The van der Waals surface area contributed by atoms with Crippen molar-refractivity contribution < 1.29 is 14.6 Å². The molecule has 0 bridgehead atoms. The van der Waals surface area contributed by atoms with E-state index in [9.17, 15) is 5.11 Å². The third kappa shape index (κ3) is 4.48. The monoisotopic (exact) mass is 317 g/mol. The van der Waals surface area contributed by atoms with E-state index in [2.05, 4.69) is 21.2 Å². The fourth-order valence-electron chi connectivity index (χ4n) is 1.58. The lowest BCUT2D eigenvalue weighted by atomic mass is 10.2. The summed E-state index contributed by atoms with van der Waals surface area (Å²) in [5, 5.41) is 12.5. The first kappa shape index (κ1) is 15.3. The summed E-state index contributed by atoms with van der Waals surface area (Å²) >= 11 is 3.51. The van der Waals surface area contributed by atoms with Crippen molar-refractivity contribution in [3.8, 4) is 11.5 Å². The quantitative estimate of drug-likeness (QED) is 0.758. The van der Waals surface area contributed by atoms with Gasteiger partial charge in [0.1, 0.15) is 11.5 Å². The lowest BCUT2D eigenvalue weighted by molar-refractivity contribution is 0.183. The maximum Gasteiger partial charge on any atom is 0.128 e. The van der Waals surface area contributed by atoms with E-state index >= 15 is 0 Å². The molecule has 2 N–H and O–H groups in total. The molecule has 0 amide bonds. The molecule has 1 atom stereocenters. The number of nitrogens with one attached hydrogen (secondary N) is 1. The van der Waals surface area contributed by atoms with Gasteiger partial charge in [0.15, 0.2) is 0 Å². The van der Waals surface area contributed by atoms with Gasteiger partial charge in [0.2, 0.25) is 0 Å². The van der Waals surface area contributed by atoms with E-state index in [1.165, 1.54) is 0 Å². The summed E-state index contributed by atoms with van der Waals surface area (Å²) in [6, 6.07) is 3.77. The van der Waals surface area contributed by atoms with Gasteiger partial charge in [-0.25, -0.2) is 0 Å². The molecule has 102 valence electrons. The van der Waals surface area contributed by atoms with E-state index in [1.807, 2.05) is 12.1 Å². The second-order valence-corrected chi connectivity index (χ2v) is 4.96. The summed E-state index contributed by atoms with van der Waals surface area (Å²) in [5.41, 5.74) is 1.05. The lowest BCUT2D eigenvalue weighted by Gasteiger charge is -2.14. The summed E-state index contributed by atoms with van der Waals surface area (Å²) < 4.78 is 11.5. The third-order valence-corrected chi connectivity index (χ3v) is 3.33. The number of aliphatic hydroxyl groups is 1. The number of ether oxygens (including phenoxy) is 2. The minimum atomic E-state index is -0.279. The minimum absolute atomic E-state index is 0.279. The van der Waals surface area contributed by atoms with Crippen molar-refractivity contribution in [2.45, 2.75) is 26.0 Å². The Labute approximate surface area is 116 Å². The molecule has 1 aromatic carbocycles. The van der Waals surface area contributed by atoms with Crippen LogP contribution < -0.4 is 14.8 Å². The van der Waals surface area contributed by atoms with E-state index in [1.54, 1.807) is 21.1 Å². The van der Waals surface area contributed by atoms with Crippen LogP contribution in [0.2, 0.25) is 0 Å². The number of hydrogen-bond donors (Lipinski definition) is 2. The molecule has 1 unspecified atom stereocenters. The molecule has 0 aliphatic heterocycles. The molecule has 0 saturated carbocycles. The molecule has 5 heteroatoms. The molecule has 0 fully saturated rings. The molecule has 1 rings (SSSR count). The first-order valence-electron chi connectivity index (χ1n) is 5.87. The van der Waals surface area contributed by atoms with Crippen molar-refractivity contribution in [2.24, 2.45) is 0 Å². The zero-order valence-electron chi connectivity index (χ0n) is 11.0. The summed E-state index contributed by atoms with van der Waals surface area (Å²) in [6.45, 7) is 3.23. The number of aliphatic hydroxyl groups excluding tert-OH is 1. The van der Waals surface area contributed by atoms with Crippen molar-refractivity contribution in [3.63, 3.8) is 0 Å². The van der Waals surface area contributed by atoms with Gasteiger partial charge in [-0.2, -0.15) is 0 Å². The Morgan fingerprint density at radius 1 is 1.33 bits per heavy atom. The zero-order valence-corrected chi connectivity index (χ0v) is 12.6. The molecule has 0 heterocycles. The molecule has 0 aliphatic carbocycles. The fraction of sp³-hybridized carbons (Fsp3) is 0.538. The summed E-state index contributed by atoms with van der Waals surface area (Å²) in [4.78, 5) is 0. The van der Waals surface area contributed by atoms with Gasteiger partial charge in [0.05, 0.1) is 20.3 Å². The van der Waals surface area contributed by atoms with Crippen LogP contribution in [0.4, 0.5) is 0 Å². The summed E-state index contributed by atoms with van der Waals surface area (Å²) in [7, 11) is 3.27. The van der Waals surface area contributed by atoms with Gasteiger partial charge in [0, 0.05) is 22.6 Å². The molecule has 0 aliphatic rings. The summed E-state index contributed by atoms with van der Waals surface area (Å²) in [5.74, 6) is 1.54. The molecular formula is C13H20BrNO3. The Kier molecular flexibility index (Phi) is 6.46. The maximum absolute atomic E-state index is 9.18. The standard InChI is InChI=1S/C13H20BrNO3/c1-9(16)4-5-15-8-11-12(14)6-10(17-2)7-13(11)18-3/h6-7,9,15-16H,4-5,8H2,1-3H3. The molecule has 1 aromatic rings. The lowest BCUT2D eigenvalue weighted by Crippen LogP contribution is -2.19. The van der Waals surface area contributed by atoms with Gasteiger partial charge >= 0.3 is 0 Å². The normalized spacial score (nSPS) is 12.3. The van der Waals surface area contributed by atoms with Crippen LogP contribution in [0, 0.1) is 0 Å². The molecule has 4 nitrogen and oxygen atoms in total. The molecule has 0 spiro atoms. The van der Waals surface area contributed by atoms with Crippen LogP contribution in [0.5, 0.6) is 11.5 Å². The number of halogens is 1. The Morgan fingerprint density at radius 2 is 2.06 bits per heavy atom. The smallest absolute Gasteiger partial charge is 0.128 e. The van der Waals surface area contributed by atoms with Crippen LogP contribution in [-0.2, 0) is 6.54 Å². The van der Waals surface area contributed by atoms with E-state index in [0.717, 1.165) is 34.5 Å². The van der Waals surface area contributed by atoms with E-state index in [-0.39, 0.29) is 6.10 Å². The second kappa shape index (κ2) is 7.61. The van der Waals surface area contributed by atoms with Crippen LogP contribution in [0.3, 0.4) is 0 Å². The first-order chi connectivity index (χ1) is 8.58. The van der Waals surface area contributed by atoms with Gasteiger partial charge in [-0.05, 0) is 26.0 Å². The van der Waals surface area contributed by atoms with Gasteiger partial charge in [-0.15, -0.1) is 0 Å². The average molecular weight is 318 g/mol. The van der Waals surface area contributed by atoms with E-state index in [0.29, 0.717) is 6.54 Å². The Morgan fingerprint density at radius 3 is 2.61 bits per heavy atom.